The van der Waals surface area contributed by atoms with E-state index in [1.165, 1.54) is 30.2 Å². The van der Waals surface area contributed by atoms with E-state index in [2.05, 4.69) is 0 Å². The van der Waals surface area contributed by atoms with Crippen LogP contribution in [-0.2, 0) is 16.1 Å². The molecule has 0 N–H and O–H groups in total. The number of likely N-dealkylation sites (tertiary alicyclic amines) is 2. The molecule has 2 aliphatic rings. The number of fused-ring (bicyclic) bond motifs is 1. The molecule has 0 saturated carbocycles. The highest BCUT2D eigenvalue weighted by Gasteiger charge is 2.32. The van der Waals surface area contributed by atoms with Gasteiger partial charge in [0.05, 0.1) is 11.5 Å². The lowest BCUT2D eigenvalue weighted by Crippen LogP contribution is -2.44. The number of amides is 2. The number of nitrogens with zero attached hydrogens (tertiary/aromatic N) is 2. The molecular formula is C23H29FN2O3S. The molecule has 7 heteroatoms. The molecule has 2 fully saturated rings. The van der Waals surface area contributed by atoms with Crippen molar-refractivity contribution in [2.45, 2.75) is 45.1 Å². The molecule has 1 aromatic heterocycles. The van der Waals surface area contributed by atoms with E-state index in [0.29, 0.717) is 41.8 Å². The topological polar surface area (TPSA) is 49.9 Å². The molecule has 2 amide bonds. The second kappa shape index (κ2) is 9.43. The number of piperidine rings is 1. The first-order valence-corrected chi connectivity index (χ1v) is 11.7. The summed E-state index contributed by atoms with van der Waals surface area (Å²) >= 11 is 1.33. The smallest absolute Gasteiger partial charge is 0.264 e. The zero-order valence-corrected chi connectivity index (χ0v) is 18.3. The Kier molecular flexibility index (Phi) is 6.68. The van der Waals surface area contributed by atoms with Crippen LogP contribution in [0.3, 0.4) is 0 Å². The standard InChI is InChI=1S/C23H29FN2O3S/c1-29-15-17-20-18(24)7-6-8-19(20)30-21(17)23(28)26-13-9-16(10-14-26)22(27)25-11-4-2-3-5-12-25/h6-8,16H,2-5,9-15H2,1H3. The Balaban J connectivity index is 1.46. The summed E-state index contributed by atoms with van der Waals surface area (Å²) in [4.78, 5) is 30.6. The van der Waals surface area contributed by atoms with Crippen LogP contribution in [-0.4, -0.2) is 54.9 Å². The van der Waals surface area contributed by atoms with Crippen LogP contribution in [0.2, 0.25) is 0 Å². The summed E-state index contributed by atoms with van der Waals surface area (Å²) in [7, 11) is 1.55. The molecule has 3 heterocycles. The van der Waals surface area contributed by atoms with E-state index < -0.39 is 0 Å². The molecule has 30 heavy (non-hydrogen) atoms. The van der Waals surface area contributed by atoms with Gasteiger partial charge < -0.3 is 14.5 Å². The number of hydrogen-bond acceptors (Lipinski definition) is 4. The molecule has 0 spiro atoms. The predicted octanol–water partition coefficient (Wildman–Crippen LogP) is 4.44. The second-order valence-corrected chi connectivity index (χ2v) is 9.31. The molecule has 0 aliphatic carbocycles. The predicted molar refractivity (Wildman–Crippen MR) is 116 cm³/mol. The fourth-order valence-electron chi connectivity index (χ4n) is 4.64. The monoisotopic (exact) mass is 432 g/mol. The van der Waals surface area contributed by atoms with Gasteiger partial charge in [0.15, 0.2) is 0 Å². The van der Waals surface area contributed by atoms with E-state index >= 15 is 0 Å². The molecule has 5 nitrogen and oxygen atoms in total. The number of hydrogen-bond donors (Lipinski definition) is 0. The van der Waals surface area contributed by atoms with Crippen LogP contribution in [0.25, 0.3) is 10.1 Å². The molecule has 0 unspecified atom stereocenters. The summed E-state index contributed by atoms with van der Waals surface area (Å²) in [5.41, 5.74) is 0.628. The van der Waals surface area contributed by atoms with Gasteiger partial charge in [-0.1, -0.05) is 18.9 Å². The second-order valence-electron chi connectivity index (χ2n) is 8.26. The van der Waals surface area contributed by atoms with E-state index in [-0.39, 0.29) is 30.2 Å². The van der Waals surface area contributed by atoms with Crippen molar-refractivity contribution in [1.29, 1.82) is 0 Å². The number of methoxy groups -OCH3 is 1. The maximum absolute atomic E-state index is 14.4. The summed E-state index contributed by atoms with van der Waals surface area (Å²) < 4.78 is 20.5. The van der Waals surface area contributed by atoms with Gasteiger partial charge in [-0.2, -0.15) is 0 Å². The van der Waals surface area contributed by atoms with Crippen LogP contribution in [0.1, 0.15) is 53.8 Å². The summed E-state index contributed by atoms with van der Waals surface area (Å²) in [5.74, 6) is -0.140. The van der Waals surface area contributed by atoms with Gasteiger partial charge >= 0.3 is 0 Å². The fraction of sp³-hybridized carbons (Fsp3) is 0.565. The van der Waals surface area contributed by atoms with E-state index in [1.807, 2.05) is 15.9 Å². The molecule has 2 aromatic rings. The SMILES string of the molecule is COCc1c(C(=O)N2CCC(C(=O)N3CCCCCC3)CC2)sc2cccc(F)c12. The van der Waals surface area contributed by atoms with Crippen LogP contribution in [0.5, 0.6) is 0 Å². The third-order valence-electron chi connectivity index (χ3n) is 6.30. The molecule has 0 atom stereocenters. The number of ether oxygens (including phenoxy) is 1. The first kappa shape index (κ1) is 21.2. The quantitative estimate of drug-likeness (QED) is 0.718. The van der Waals surface area contributed by atoms with Gasteiger partial charge in [-0.15, -0.1) is 11.3 Å². The van der Waals surface area contributed by atoms with Gasteiger partial charge in [0.2, 0.25) is 5.91 Å². The first-order chi connectivity index (χ1) is 14.6. The van der Waals surface area contributed by atoms with Gasteiger partial charge in [-0.25, -0.2) is 4.39 Å². The Labute approximate surface area is 180 Å². The summed E-state index contributed by atoms with van der Waals surface area (Å²) in [6.45, 7) is 3.06. The number of carbonyl (C=O) groups excluding carboxylic acids is 2. The summed E-state index contributed by atoms with van der Waals surface area (Å²) in [5, 5.41) is 0.485. The van der Waals surface area contributed by atoms with Crippen molar-refractivity contribution in [1.82, 2.24) is 9.80 Å². The van der Waals surface area contributed by atoms with Gasteiger partial charge in [0.1, 0.15) is 5.82 Å². The average molecular weight is 433 g/mol. The molecule has 1 aromatic carbocycles. The maximum atomic E-state index is 14.4. The van der Waals surface area contributed by atoms with Crippen molar-refractivity contribution in [3.05, 3.63) is 34.5 Å². The Morgan fingerprint density at radius 1 is 1.07 bits per heavy atom. The highest BCUT2D eigenvalue weighted by Crippen LogP contribution is 2.35. The van der Waals surface area contributed by atoms with Gasteiger partial charge in [-0.05, 0) is 37.8 Å². The van der Waals surface area contributed by atoms with Crippen LogP contribution in [0.4, 0.5) is 4.39 Å². The van der Waals surface area contributed by atoms with E-state index in [0.717, 1.165) is 30.6 Å². The summed E-state index contributed by atoms with van der Waals surface area (Å²) in [6.07, 6.45) is 5.98. The molecular weight excluding hydrogens is 403 g/mol. The van der Waals surface area contributed by atoms with Crippen molar-refractivity contribution < 1.29 is 18.7 Å². The zero-order chi connectivity index (χ0) is 21.1. The first-order valence-electron chi connectivity index (χ1n) is 10.9. The highest BCUT2D eigenvalue weighted by molar-refractivity contribution is 7.21. The van der Waals surface area contributed by atoms with Crippen molar-refractivity contribution in [2.75, 3.05) is 33.3 Å². The van der Waals surface area contributed by atoms with Gasteiger partial charge in [0, 0.05) is 54.9 Å². The average Bonchev–Trinajstić information content (AvgIpc) is 2.94. The number of benzene rings is 1. The van der Waals surface area contributed by atoms with Crippen LogP contribution in [0, 0.1) is 11.7 Å². The van der Waals surface area contributed by atoms with Crippen molar-refractivity contribution in [3.63, 3.8) is 0 Å². The van der Waals surface area contributed by atoms with Crippen LogP contribution < -0.4 is 0 Å². The van der Waals surface area contributed by atoms with Crippen molar-refractivity contribution in [2.24, 2.45) is 5.92 Å². The molecule has 0 radical (unpaired) electrons. The Morgan fingerprint density at radius 3 is 2.43 bits per heavy atom. The van der Waals surface area contributed by atoms with E-state index in [1.54, 1.807) is 13.2 Å². The minimum Gasteiger partial charge on any atom is -0.380 e. The lowest BCUT2D eigenvalue weighted by Gasteiger charge is -2.34. The highest BCUT2D eigenvalue weighted by atomic mass is 32.1. The molecule has 0 bridgehead atoms. The lowest BCUT2D eigenvalue weighted by molar-refractivity contribution is -0.136. The molecule has 2 aliphatic heterocycles. The van der Waals surface area contributed by atoms with Crippen LogP contribution >= 0.6 is 11.3 Å². The number of carbonyl (C=O) groups is 2. The molecule has 2 saturated heterocycles. The maximum Gasteiger partial charge on any atom is 0.264 e. The minimum absolute atomic E-state index is 0.00504. The Morgan fingerprint density at radius 2 is 1.77 bits per heavy atom. The minimum atomic E-state index is -0.323. The largest absolute Gasteiger partial charge is 0.380 e. The summed E-state index contributed by atoms with van der Waals surface area (Å²) in [6, 6.07) is 4.92. The van der Waals surface area contributed by atoms with E-state index in [4.69, 9.17) is 4.74 Å². The Bertz CT molecular complexity index is 913. The molecule has 4 rings (SSSR count). The normalized spacial score (nSPS) is 18.6. The third kappa shape index (κ3) is 4.23. The van der Waals surface area contributed by atoms with Gasteiger partial charge in [0.25, 0.3) is 5.91 Å². The number of thiophene rings is 1. The van der Waals surface area contributed by atoms with Crippen LogP contribution in [0.15, 0.2) is 18.2 Å². The van der Waals surface area contributed by atoms with Crippen molar-refractivity contribution >= 4 is 33.2 Å². The Hall–Kier alpha value is -1.99. The molecule has 162 valence electrons. The number of halogens is 1. The lowest BCUT2D eigenvalue weighted by atomic mass is 9.94. The zero-order valence-electron chi connectivity index (χ0n) is 17.5. The fourth-order valence-corrected chi connectivity index (χ4v) is 5.83. The van der Waals surface area contributed by atoms with E-state index in [9.17, 15) is 14.0 Å². The van der Waals surface area contributed by atoms with Crippen molar-refractivity contribution in [3.8, 4) is 0 Å². The van der Waals surface area contributed by atoms with Gasteiger partial charge in [-0.3, -0.25) is 9.59 Å². The number of rotatable bonds is 4. The third-order valence-corrected chi connectivity index (χ3v) is 7.48.